The van der Waals surface area contributed by atoms with Crippen LogP contribution in [0.5, 0.6) is 5.75 Å². The van der Waals surface area contributed by atoms with Gasteiger partial charge in [-0.2, -0.15) is 0 Å². The summed E-state index contributed by atoms with van der Waals surface area (Å²) in [5.41, 5.74) is 0. The molecule has 0 bridgehead atoms. The SMILES string of the molecule is COc1ccc2ccc3c4ccccc4ccc3c2c1. The second-order valence-electron chi connectivity index (χ2n) is 5.03. The van der Waals surface area contributed by atoms with Crippen molar-refractivity contribution < 1.29 is 4.74 Å². The van der Waals surface area contributed by atoms with E-state index in [0.717, 1.165) is 5.75 Å². The minimum atomic E-state index is 0.901. The Morgan fingerprint density at radius 2 is 1.25 bits per heavy atom. The van der Waals surface area contributed by atoms with Crippen molar-refractivity contribution in [3.8, 4) is 5.75 Å². The molecule has 0 saturated carbocycles. The molecule has 0 radical (unpaired) electrons. The zero-order valence-corrected chi connectivity index (χ0v) is 11.3. The van der Waals surface area contributed by atoms with Gasteiger partial charge in [0.1, 0.15) is 5.75 Å². The molecule has 0 unspecified atom stereocenters. The van der Waals surface area contributed by atoms with Gasteiger partial charge in [-0.05, 0) is 44.5 Å². The number of fused-ring (bicyclic) bond motifs is 5. The molecule has 4 aromatic carbocycles. The third-order valence-electron chi connectivity index (χ3n) is 3.95. The molecule has 1 nitrogen and oxygen atoms in total. The van der Waals surface area contributed by atoms with Crippen molar-refractivity contribution >= 4 is 32.3 Å². The molecule has 96 valence electrons. The van der Waals surface area contributed by atoms with Gasteiger partial charge in [0.25, 0.3) is 0 Å². The molecular weight excluding hydrogens is 244 g/mol. The zero-order valence-electron chi connectivity index (χ0n) is 11.3. The maximum absolute atomic E-state index is 5.36. The molecule has 0 heterocycles. The summed E-state index contributed by atoms with van der Waals surface area (Å²) < 4.78 is 5.36. The van der Waals surface area contributed by atoms with Gasteiger partial charge < -0.3 is 4.74 Å². The summed E-state index contributed by atoms with van der Waals surface area (Å²) in [6.45, 7) is 0. The van der Waals surface area contributed by atoms with Crippen LogP contribution in [0.25, 0.3) is 32.3 Å². The lowest BCUT2D eigenvalue weighted by Gasteiger charge is -2.08. The van der Waals surface area contributed by atoms with E-state index in [2.05, 4.69) is 60.7 Å². The van der Waals surface area contributed by atoms with Crippen molar-refractivity contribution in [2.24, 2.45) is 0 Å². The maximum Gasteiger partial charge on any atom is 0.119 e. The summed E-state index contributed by atoms with van der Waals surface area (Å²) in [5, 5.41) is 7.64. The van der Waals surface area contributed by atoms with Crippen LogP contribution in [-0.2, 0) is 0 Å². The Balaban J connectivity index is 2.21. The summed E-state index contributed by atoms with van der Waals surface area (Å²) in [6.07, 6.45) is 0. The smallest absolute Gasteiger partial charge is 0.119 e. The molecule has 0 N–H and O–H groups in total. The van der Waals surface area contributed by atoms with Crippen LogP contribution in [0.4, 0.5) is 0 Å². The van der Waals surface area contributed by atoms with Crippen LogP contribution in [0.3, 0.4) is 0 Å². The summed E-state index contributed by atoms with van der Waals surface area (Å²) in [6, 6.07) is 23.6. The first-order valence-electron chi connectivity index (χ1n) is 6.75. The van der Waals surface area contributed by atoms with Gasteiger partial charge >= 0.3 is 0 Å². The average Bonchev–Trinajstić information content (AvgIpc) is 2.53. The van der Waals surface area contributed by atoms with Crippen molar-refractivity contribution in [3.05, 3.63) is 66.7 Å². The maximum atomic E-state index is 5.36. The van der Waals surface area contributed by atoms with E-state index in [-0.39, 0.29) is 0 Å². The van der Waals surface area contributed by atoms with Gasteiger partial charge in [-0.3, -0.25) is 0 Å². The Kier molecular flexibility index (Phi) is 2.40. The highest BCUT2D eigenvalue weighted by Gasteiger charge is 2.05. The lowest BCUT2D eigenvalue weighted by Crippen LogP contribution is -1.84. The molecule has 0 aliphatic carbocycles. The second kappa shape index (κ2) is 4.24. The Bertz CT molecular complexity index is 938. The molecule has 4 aromatic rings. The van der Waals surface area contributed by atoms with Crippen LogP contribution in [-0.4, -0.2) is 7.11 Å². The van der Waals surface area contributed by atoms with E-state index < -0.39 is 0 Å². The highest BCUT2D eigenvalue weighted by Crippen LogP contribution is 2.32. The summed E-state index contributed by atoms with van der Waals surface area (Å²) >= 11 is 0. The number of hydrogen-bond donors (Lipinski definition) is 0. The highest BCUT2D eigenvalue weighted by atomic mass is 16.5. The van der Waals surface area contributed by atoms with E-state index in [1.807, 2.05) is 6.07 Å². The van der Waals surface area contributed by atoms with E-state index in [9.17, 15) is 0 Å². The minimum absolute atomic E-state index is 0.901. The first-order chi connectivity index (χ1) is 9.86. The predicted molar refractivity (Wildman–Crippen MR) is 85.5 cm³/mol. The van der Waals surface area contributed by atoms with E-state index in [1.165, 1.54) is 32.3 Å². The van der Waals surface area contributed by atoms with E-state index in [0.29, 0.717) is 0 Å². The molecular formula is C19H14O. The fourth-order valence-electron chi connectivity index (χ4n) is 2.92. The van der Waals surface area contributed by atoms with Crippen LogP contribution in [0.1, 0.15) is 0 Å². The Morgan fingerprint density at radius 1 is 0.600 bits per heavy atom. The first-order valence-corrected chi connectivity index (χ1v) is 6.75. The van der Waals surface area contributed by atoms with Crippen molar-refractivity contribution in [1.82, 2.24) is 0 Å². The zero-order chi connectivity index (χ0) is 13.5. The van der Waals surface area contributed by atoms with Crippen LogP contribution >= 0.6 is 0 Å². The van der Waals surface area contributed by atoms with Gasteiger partial charge in [0.05, 0.1) is 7.11 Å². The molecule has 0 saturated heterocycles. The number of ether oxygens (including phenoxy) is 1. The topological polar surface area (TPSA) is 9.23 Å². The summed E-state index contributed by atoms with van der Waals surface area (Å²) in [4.78, 5) is 0. The normalized spacial score (nSPS) is 11.2. The van der Waals surface area contributed by atoms with Gasteiger partial charge in [-0.25, -0.2) is 0 Å². The number of benzene rings is 4. The van der Waals surface area contributed by atoms with Crippen LogP contribution in [0, 0.1) is 0 Å². The van der Waals surface area contributed by atoms with E-state index in [1.54, 1.807) is 7.11 Å². The van der Waals surface area contributed by atoms with E-state index in [4.69, 9.17) is 4.74 Å². The lowest BCUT2D eigenvalue weighted by molar-refractivity contribution is 0.415. The number of hydrogen-bond acceptors (Lipinski definition) is 1. The monoisotopic (exact) mass is 258 g/mol. The molecule has 0 aliphatic rings. The lowest BCUT2D eigenvalue weighted by atomic mass is 9.97. The predicted octanol–water partition coefficient (Wildman–Crippen LogP) is 5.15. The highest BCUT2D eigenvalue weighted by molar-refractivity contribution is 6.17. The fraction of sp³-hybridized carbons (Fsp3) is 0.0526. The molecule has 0 atom stereocenters. The Morgan fingerprint density at radius 3 is 2.05 bits per heavy atom. The van der Waals surface area contributed by atoms with Crippen LogP contribution < -0.4 is 4.74 Å². The van der Waals surface area contributed by atoms with Crippen molar-refractivity contribution in [3.63, 3.8) is 0 Å². The molecule has 20 heavy (non-hydrogen) atoms. The molecule has 0 aromatic heterocycles. The summed E-state index contributed by atoms with van der Waals surface area (Å²) in [5.74, 6) is 0.901. The molecule has 0 fully saturated rings. The van der Waals surface area contributed by atoms with Gasteiger partial charge in [-0.1, -0.05) is 54.6 Å². The quantitative estimate of drug-likeness (QED) is 0.429. The Labute approximate surface area is 117 Å². The first kappa shape index (κ1) is 11.3. The molecule has 0 spiro atoms. The van der Waals surface area contributed by atoms with Crippen molar-refractivity contribution in [2.45, 2.75) is 0 Å². The largest absolute Gasteiger partial charge is 0.497 e. The third-order valence-corrected chi connectivity index (χ3v) is 3.95. The van der Waals surface area contributed by atoms with Crippen LogP contribution in [0.2, 0.25) is 0 Å². The summed E-state index contributed by atoms with van der Waals surface area (Å²) in [7, 11) is 1.71. The van der Waals surface area contributed by atoms with E-state index >= 15 is 0 Å². The Hall–Kier alpha value is -2.54. The van der Waals surface area contributed by atoms with Gasteiger partial charge in [0.2, 0.25) is 0 Å². The van der Waals surface area contributed by atoms with Gasteiger partial charge in [-0.15, -0.1) is 0 Å². The molecule has 0 aliphatic heterocycles. The van der Waals surface area contributed by atoms with Crippen LogP contribution in [0.15, 0.2) is 66.7 Å². The number of methoxy groups -OCH3 is 1. The van der Waals surface area contributed by atoms with Crippen molar-refractivity contribution in [1.29, 1.82) is 0 Å². The van der Waals surface area contributed by atoms with Gasteiger partial charge in [0, 0.05) is 0 Å². The molecule has 4 rings (SSSR count). The van der Waals surface area contributed by atoms with Gasteiger partial charge in [0.15, 0.2) is 0 Å². The molecule has 0 amide bonds. The molecule has 1 heteroatoms. The fourth-order valence-corrected chi connectivity index (χ4v) is 2.92. The average molecular weight is 258 g/mol. The second-order valence-corrected chi connectivity index (χ2v) is 5.03. The minimum Gasteiger partial charge on any atom is -0.497 e. The van der Waals surface area contributed by atoms with Crippen molar-refractivity contribution in [2.75, 3.05) is 7.11 Å². The standard InChI is InChI=1S/C19H14O/c1-20-15-9-6-14-8-10-17-16-5-3-2-4-13(16)7-11-18(17)19(14)12-15/h2-12H,1H3. The third kappa shape index (κ3) is 1.56. The number of rotatable bonds is 1.